The average molecular weight is 338 g/mol. The van der Waals surface area contributed by atoms with E-state index in [0.29, 0.717) is 18.3 Å². The first kappa shape index (κ1) is 17.9. The molecular formula is C17H20F2N2O3. The number of amides is 2. The molecule has 1 heterocycles. The molecule has 1 aromatic carbocycles. The molecular weight excluding hydrogens is 318 g/mol. The summed E-state index contributed by atoms with van der Waals surface area (Å²) >= 11 is 0. The van der Waals surface area contributed by atoms with Gasteiger partial charge in [0.2, 0.25) is 0 Å². The number of urea groups is 1. The highest BCUT2D eigenvalue weighted by Gasteiger charge is 2.37. The Morgan fingerprint density at radius 2 is 2.04 bits per heavy atom. The highest BCUT2D eigenvalue weighted by molar-refractivity contribution is 5.95. The highest BCUT2D eigenvalue weighted by Crippen LogP contribution is 2.33. The van der Waals surface area contributed by atoms with Crippen molar-refractivity contribution in [3.63, 3.8) is 0 Å². The maximum absolute atomic E-state index is 14.2. The van der Waals surface area contributed by atoms with Gasteiger partial charge in [-0.15, -0.1) is 0 Å². The van der Waals surface area contributed by atoms with E-state index in [9.17, 15) is 18.4 Å². The molecule has 130 valence electrons. The van der Waals surface area contributed by atoms with Crippen LogP contribution < -0.4 is 5.32 Å². The Balaban J connectivity index is 2.56. The number of carbonyl (C=O) groups is 2. The molecule has 1 aliphatic heterocycles. The second-order valence-electron chi connectivity index (χ2n) is 6.04. The SMILES string of the molecule is COC(=O)C1=C(C)N(CC(C)C)C(=O)NC1c1ccc(F)cc1F. The molecule has 0 spiro atoms. The van der Waals surface area contributed by atoms with Gasteiger partial charge < -0.3 is 10.1 Å². The van der Waals surface area contributed by atoms with E-state index in [4.69, 9.17) is 4.74 Å². The van der Waals surface area contributed by atoms with Crippen molar-refractivity contribution >= 4 is 12.0 Å². The standard InChI is InChI=1S/C17H20F2N2O3/c1-9(2)8-21-10(3)14(16(22)24-4)15(20-17(21)23)12-6-5-11(18)7-13(12)19/h5-7,9,15H,8H2,1-4H3,(H,20,23). The van der Waals surface area contributed by atoms with E-state index < -0.39 is 29.7 Å². The Morgan fingerprint density at radius 1 is 1.38 bits per heavy atom. The Hall–Kier alpha value is -2.44. The quantitative estimate of drug-likeness (QED) is 0.858. The molecule has 7 heteroatoms. The number of nitrogens with zero attached hydrogens (tertiary/aromatic N) is 1. The zero-order chi connectivity index (χ0) is 18.0. The minimum Gasteiger partial charge on any atom is -0.466 e. The first-order valence-electron chi connectivity index (χ1n) is 7.58. The van der Waals surface area contributed by atoms with Gasteiger partial charge in [-0.25, -0.2) is 18.4 Å². The lowest BCUT2D eigenvalue weighted by atomic mass is 9.94. The third-order valence-corrected chi connectivity index (χ3v) is 3.82. The lowest BCUT2D eigenvalue weighted by Gasteiger charge is -2.36. The largest absolute Gasteiger partial charge is 0.466 e. The molecule has 24 heavy (non-hydrogen) atoms. The van der Waals surface area contributed by atoms with Crippen molar-refractivity contribution < 1.29 is 23.1 Å². The fraction of sp³-hybridized carbons (Fsp3) is 0.412. The number of methoxy groups -OCH3 is 1. The van der Waals surface area contributed by atoms with E-state index in [-0.39, 0.29) is 17.1 Å². The summed E-state index contributed by atoms with van der Waals surface area (Å²) in [6, 6.07) is 1.53. The van der Waals surface area contributed by atoms with Gasteiger partial charge in [0, 0.05) is 23.9 Å². The van der Waals surface area contributed by atoms with Crippen molar-refractivity contribution in [3.8, 4) is 0 Å². The number of hydrogen-bond acceptors (Lipinski definition) is 3. The van der Waals surface area contributed by atoms with Gasteiger partial charge in [-0.2, -0.15) is 0 Å². The van der Waals surface area contributed by atoms with E-state index in [1.54, 1.807) is 6.92 Å². The first-order valence-corrected chi connectivity index (χ1v) is 7.58. The molecule has 0 saturated carbocycles. The van der Waals surface area contributed by atoms with Gasteiger partial charge >= 0.3 is 12.0 Å². The van der Waals surface area contributed by atoms with Crippen molar-refractivity contribution in [2.24, 2.45) is 5.92 Å². The van der Waals surface area contributed by atoms with Crippen LogP contribution in [0.5, 0.6) is 0 Å². The second-order valence-corrected chi connectivity index (χ2v) is 6.04. The lowest BCUT2D eigenvalue weighted by molar-refractivity contribution is -0.136. The molecule has 5 nitrogen and oxygen atoms in total. The summed E-state index contributed by atoms with van der Waals surface area (Å²) < 4.78 is 32.1. The second kappa shape index (κ2) is 6.98. The van der Waals surface area contributed by atoms with Gasteiger partial charge in [0.05, 0.1) is 18.7 Å². The van der Waals surface area contributed by atoms with Crippen LogP contribution in [0, 0.1) is 17.6 Å². The summed E-state index contributed by atoms with van der Waals surface area (Å²) in [5, 5.41) is 2.61. The van der Waals surface area contributed by atoms with Crippen molar-refractivity contribution in [2.45, 2.75) is 26.8 Å². The van der Waals surface area contributed by atoms with E-state index in [2.05, 4.69) is 5.32 Å². The van der Waals surface area contributed by atoms with Crippen molar-refractivity contribution in [3.05, 3.63) is 46.7 Å². The molecule has 1 atom stereocenters. The Kier molecular flexibility index (Phi) is 5.21. The number of hydrogen-bond donors (Lipinski definition) is 1. The summed E-state index contributed by atoms with van der Waals surface area (Å²) in [4.78, 5) is 26.0. The number of esters is 1. The molecule has 1 aliphatic rings. The molecule has 0 aromatic heterocycles. The fourth-order valence-electron chi connectivity index (χ4n) is 2.71. The van der Waals surface area contributed by atoms with Gasteiger partial charge in [-0.05, 0) is 18.9 Å². The molecule has 0 saturated heterocycles. The number of ether oxygens (including phenoxy) is 1. The van der Waals surface area contributed by atoms with Crippen LogP contribution in [0.3, 0.4) is 0 Å². The molecule has 0 aliphatic carbocycles. The Labute approximate surface area is 139 Å². The predicted molar refractivity (Wildman–Crippen MR) is 83.9 cm³/mol. The molecule has 0 fully saturated rings. The number of halogens is 2. The number of allylic oxidation sites excluding steroid dienone is 1. The zero-order valence-corrected chi connectivity index (χ0v) is 14.0. The summed E-state index contributed by atoms with van der Waals surface area (Å²) in [7, 11) is 1.21. The normalized spacial score (nSPS) is 18.0. The molecule has 1 unspecified atom stereocenters. The molecule has 2 rings (SSSR count). The van der Waals surface area contributed by atoms with Crippen LogP contribution in [0.25, 0.3) is 0 Å². The van der Waals surface area contributed by atoms with Crippen LogP contribution in [-0.2, 0) is 9.53 Å². The number of nitrogens with one attached hydrogen (secondary N) is 1. The summed E-state index contributed by atoms with van der Waals surface area (Å²) in [6.45, 7) is 5.88. The summed E-state index contributed by atoms with van der Waals surface area (Å²) in [6.07, 6.45) is 0. The maximum Gasteiger partial charge on any atom is 0.337 e. The smallest absolute Gasteiger partial charge is 0.337 e. The monoisotopic (exact) mass is 338 g/mol. The van der Waals surface area contributed by atoms with Crippen molar-refractivity contribution in [1.29, 1.82) is 0 Å². The summed E-state index contributed by atoms with van der Waals surface area (Å²) in [5.41, 5.74) is 0.532. The lowest BCUT2D eigenvalue weighted by Crippen LogP contribution is -2.49. The summed E-state index contributed by atoms with van der Waals surface area (Å²) in [5.74, 6) is -2.08. The van der Waals surface area contributed by atoms with Crippen LogP contribution in [0.15, 0.2) is 29.5 Å². The van der Waals surface area contributed by atoms with Gasteiger partial charge in [0.1, 0.15) is 11.6 Å². The van der Waals surface area contributed by atoms with Gasteiger partial charge in [0.25, 0.3) is 0 Å². The van der Waals surface area contributed by atoms with Crippen LogP contribution in [-0.4, -0.2) is 30.6 Å². The van der Waals surface area contributed by atoms with Crippen LogP contribution in [0.1, 0.15) is 32.4 Å². The Bertz CT molecular complexity index is 701. The van der Waals surface area contributed by atoms with Crippen LogP contribution >= 0.6 is 0 Å². The topological polar surface area (TPSA) is 58.6 Å². The van der Waals surface area contributed by atoms with Crippen molar-refractivity contribution in [1.82, 2.24) is 10.2 Å². The van der Waals surface area contributed by atoms with Crippen LogP contribution in [0.4, 0.5) is 13.6 Å². The fourth-order valence-corrected chi connectivity index (χ4v) is 2.71. The van der Waals surface area contributed by atoms with Crippen LogP contribution in [0.2, 0.25) is 0 Å². The van der Waals surface area contributed by atoms with Crippen molar-refractivity contribution in [2.75, 3.05) is 13.7 Å². The number of benzene rings is 1. The number of carbonyl (C=O) groups excluding carboxylic acids is 2. The van der Waals surface area contributed by atoms with E-state index in [0.717, 1.165) is 6.07 Å². The van der Waals surface area contributed by atoms with E-state index in [1.807, 2.05) is 13.8 Å². The predicted octanol–water partition coefficient (Wildman–Crippen LogP) is 3.13. The molecule has 2 amide bonds. The molecule has 0 radical (unpaired) electrons. The number of rotatable bonds is 4. The average Bonchev–Trinajstić information content (AvgIpc) is 2.50. The third kappa shape index (κ3) is 3.39. The van der Waals surface area contributed by atoms with Gasteiger partial charge in [0.15, 0.2) is 0 Å². The highest BCUT2D eigenvalue weighted by atomic mass is 19.1. The molecule has 1 N–H and O–H groups in total. The minimum atomic E-state index is -1.03. The molecule has 1 aromatic rings. The maximum atomic E-state index is 14.2. The van der Waals surface area contributed by atoms with E-state index in [1.165, 1.54) is 18.1 Å². The van der Waals surface area contributed by atoms with E-state index >= 15 is 0 Å². The Morgan fingerprint density at radius 3 is 2.58 bits per heavy atom. The molecule has 0 bridgehead atoms. The zero-order valence-electron chi connectivity index (χ0n) is 14.0. The first-order chi connectivity index (χ1) is 11.3. The third-order valence-electron chi connectivity index (χ3n) is 3.82. The van der Waals surface area contributed by atoms with Gasteiger partial charge in [-0.3, -0.25) is 4.90 Å². The minimum absolute atomic E-state index is 0.00805. The van der Waals surface area contributed by atoms with Gasteiger partial charge in [-0.1, -0.05) is 19.9 Å².